The molecule has 1 aromatic carbocycles. The SMILES string of the molecule is COc1ccc(S(=O)(=O)NCCCn2cc(Br)cn2)c(OC)c1. The monoisotopic (exact) mass is 403 g/mol. The number of aromatic nitrogens is 2. The molecule has 0 atom stereocenters. The van der Waals surface area contributed by atoms with Crippen LogP contribution < -0.4 is 14.2 Å². The van der Waals surface area contributed by atoms with Crippen LogP contribution in [0.25, 0.3) is 0 Å². The number of halogens is 1. The lowest BCUT2D eigenvalue weighted by atomic mass is 10.3. The molecule has 0 unspecified atom stereocenters. The zero-order valence-electron chi connectivity index (χ0n) is 12.8. The van der Waals surface area contributed by atoms with Gasteiger partial charge in [0, 0.05) is 25.4 Å². The average molecular weight is 404 g/mol. The minimum atomic E-state index is -3.65. The molecule has 126 valence electrons. The van der Waals surface area contributed by atoms with Gasteiger partial charge in [0.2, 0.25) is 10.0 Å². The molecule has 0 aliphatic heterocycles. The van der Waals surface area contributed by atoms with Crippen LogP contribution in [-0.2, 0) is 16.6 Å². The Labute approximate surface area is 143 Å². The van der Waals surface area contributed by atoms with E-state index in [0.29, 0.717) is 25.3 Å². The summed E-state index contributed by atoms with van der Waals surface area (Å²) in [6, 6.07) is 4.58. The van der Waals surface area contributed by atoms with E-state index in [9.17, 15) is 8.42 Å². The number of aryl methyl sites for hydroxylation is 1. The lowest BCUT2D eigenvalue weighted by Gasteiger charge is -2.12. The zero-order chi connectivity index (χ0) is 16.9. The van der Waals surface area contributed by atoms with Crippen molar-refractivity contribution in [1.29, 1.82) is 0 Å². The number of hydrogen-bond acceptors (Lipinski definition) is 5. The van der Waals surface area contributed by atoms with Crippen molar-refractivity contribution < 1.29 is 17.9 Å². The maximum atomic E-state index is 12.4. The van der Waals surface area contributed by atoms with Crippen LogP contribution in [-0.4, -0.2) is 39.0 Å². The maximum Gasteiger partial charge on any atom is 0.244 e. The summed E-state index contributed by atoms with van der Waals surface area (Å²) in [4.78, 5) is 0.0858. The fraction of sp³-hybridized carbons (Fsp3) is 0.357. The number of benzene rings is 1. The highest BCUT2D eigenvalue weighted by Crippen LogP contribution is 2.28. The Morgan fingerprint density at radius 1 is 1.30 bits per heavy atom. The zero-order valence-corrected chi connectivity index (χ0v) is 15.2. The molecule has 1 aromatic heterocycles. The van der Waals surface area contributed by atoms with Crippen molar-refractivity contribution in [3.8, 4) is 11.5 Å². The third kappa shape index (κ3) is 4.69. The fourth-order valence-corrected chi connectivity index (χ4v) is 3.53. The van der Waals surface area contributed by atoms with Crippen LogP contribution in [0.5, 0.6) is 11.5 Å². The van der Waals surface area contributed by atoms with E-state index < -0.39 is 10.0 Å². The molecule has 2 aromatic rings. The molecule has 0 saturated heterocycles. The Balaban J connectivity index is 1.98. The number of ether oxygens (including phenoxy) is 2. The Morgan fingerprint density at radius 2 is 2.09 bits per heavy atom. The molecule has 0 aliphatic rings. The Morgan fingerprint density at radius 3 is 2.70 bits per heavy atom. The van der Waals surface area contributed by atoms with E-state index in [-0.39, 0.29) is 10.6 Å². The standard InChI is InChI=1S/C14H18BrN3O4S/c1-21-12-4-5-14(13(8-12)22-2)23(19,20)17-6-3-7-18-10-11(15)9-16-18/h4-5,8-10,17H,3,6-7H2,1-2H3. The van der Waals surface area contributed by atoms with Gasteiger partial charge in [0.15, 0.2) is 0 Å². The molecule has 2 rings (SSSR count). The lowest BCUT2D eigenvalue weighted by molar-refractivity contribution is 0.386. The van der Waals surface area contributed by atoms with Crippen LogP contribution in [0.3, 0.4) is 0 Å². The smallest absolute Gasteiger partial charge is 0.244 e. The molecule has 0 fully saturated rings. The first kappa shape index (κ1) is 17.8. The van der Waals surface area contributed by atoms with E-state index in [4.69, 9.17) is 9.47 Å². The Bertz CT molecular complexity index is 761. The highest BCUT2D eigenvalue weighted by Gasteiger charge is 2.19. The third-order valence-corrected chi connectivity index (χ3v) is 5.03. The number of rotatable bonds is 8. The normalized spacial score (nSPS) is 11.4. The van der Waals surface area contributed by atoms with E-state index in [1.165, 1.54) is 26.4 Å². The first-order chi connectivity index (χ1) is 11.0. The van der Waals surface area contributed by atoms with Gasteiger partial charge in [0.05, 0.1) is 24.9 Å². The average Bonchev–Trinajstić information content (AvgIpc) is 2.96. The van der Waals surface area contributed by atoms with E-state index in [1.54, 1.807) is 16.9 Å². The number of hydrogen-bond donors (Lipinski definition) is 1. The van der Waals surface area contributed by atoms with Gasteiger partial charge in [-0.3, -0.25) is 4.68 Å². The molecular weight excluding hydrogens is 386 g/mol. The second-order valence-electron chi connectivity index (χ2n) is 4.69. The summed E-state index contributed by atoms with van der Waals surface area (Å²) >= 11 is 3.31. The van der Waals surface area contributed by atoms with Crippen molar-refractivity contribution in [3.63, 3.8) is 0 Å². The van der Waals surface area contributed by atoms with Gasteiger partial charge in [0.25, 0.3) is 0 Å². The minimum absolute atomic E-state index is 0.0858. The molecule has 23 heavy (non-hydrogen) atoms. The summed E-state index contributed by atoms with van der Waals surface area (Å²) in [7, 11) is -0.718. The summed E-state index contributed by atoms with van der Waals surface area (Å²) in [6.45, 7) is 0.920. The van der Waals surface area contributed by atoms with Gasteiger partial charge in [-0.2, -0.15) is 5.10 Å². The van der Waals surface area contributed by atoms with Crippen molar-refractivity contribution in [3.05, 3.63) is 35.1 Å². The Kier molecular flexibility index (Phi) is 6.03. The van der Waals surface area contributed by atoms with Crippen molar-refractivity contribution in [2.24, 2.45) is 0 Å². The molecule has 1 heterocycles. The quantitative estimate of drug-likeness (QED) is 0.681. The van der Waals surface area contributed by atoms with Crippen molar-refractivity contribution in [2.75, 3.05) is 20.8 Å². The predicted molar refractivity (Wildman–Crippen MR) is 89.3 cm³/mol. The van der Waals surface area contributed by atoms with E-state index in [1.807, 2.05) is 6.20 Å². The molecule has 0 bridgehead atoms. The van der Waals surface area contributed by atoms with Crippen LogP contribution in [0.15, 0.2) is 40.0 Å². The van der Waals surface area contributed by atoms with Crippen LogP contribution >= 0.6 is 15.9 Å². The molecule has 0 radical (unpaired) electrons. The topological polar surface area (TPSA) is 82.5 Å². The lowest BCUT2D eigenvalue weighted by Crippen LogP contribution is -2.26. The summed E-state index contributed by atoms with van der Waals surface area (Å²) in [5.74, 6) is 0.776. The van der Waals surface area contributed by atoms with Gasteiger partial charge in [-0.05, 0) is 34.5 Å². The van der Waals surface area contributed by atoms with Gasteiger partial charge in [-0.15, -0.1) is 0 Å². The first-order valence-corrected chi connectivity index (χ1v) is 9.13. The minimum Gasteiger partial charge on any atom is -0.497 e. The van der Waals surface area contributed by atoms with Crippen LogP contribution in [0.1, 0.15) is 6.42 Å². The summed E-state index contributed by atoms with van der Waals surface area (Å²) in [6.07, 6.45) is 4.14. The molecule has 0 amide bonds. The largest absolute Gasteiger partial charge is 0.497 e. The number of nitrogens with one attached hydrogen (secondary N) is 1. The van der Waals surface area contributed by atoms with E-state index >= 15 is 0 Å². The Hall–Kier alpha value is -1.58. The number of nitrogens with zero attached hydrogens (tertiary/aromatic N) is 2. The van der Waals surface area contributed by atoms with E-state index in [2.05, 4.69) is 25.8 Å². The van der Waals surface area contributed by atoms with Gasteiger partial charge in [-0.1, -0.05) is 0 Å². The maximum absolute atomic E-state index is 12.4. The van der Waals surface area contributed by atoms with Gasteiger partial charge >= 0.3 is 0 Å². The molecule has 0 saturated carbocycles. The molecule has 0 aliphatic carbocycles. The highest BCUT2D eigenvalue weighted by molar-refractivity contribution is 9.10. The fourth-order valence-electron chi connectivity index (χ4n) is 1.98. The van der Waals surface area contributed by atoms with Gasteiger partial charge < -0.3 is 9.47 Å². The van der Waals surface area contributed by atoms with Crippen LogP contribution in [0.2, 0.25) is 0 Å². The number of sulfonamides is 1. The molecule has 7 nitrogen and oxygen atoms in total. The number of methoxy groups -OCH3 is 2. The van der Waals surface area contributed by atoms with Gasteiger partial charge in [-0.25, -0.2) is 13.1 Å². The van der Waals surface area contributed by atoms with Crippen LogP contribution in [0, 0.1) is 0 Å². The predicted octanol–water partition coefficient (Wildman–Crippen LogP) is 2.03. The van der Waals surface area contributed by atoms with Crippen molar-refractivity contribution in [2.45, 2.75) is 17.9 Å². The third-order valence-electron chi connectivity index (χ3n) is 3.12. The van der Waals surface area contributed by atoms with Crippen molar-refractivity contribution >= 4 is 26.0 Å². The summed E-state index contributed by atoms with van der Waals surface area (Å²) < 4.78 is 40.1. The second kappa shape index (κ2) is 7.80. The molecule has 0 spiro atoms. The molecular formula is C14H18BrN3O4S. The second-order valence-corrected chi connectivity index (χ2v) is 7.34. The van der Waals surface area contributed by atoms with Crippen molar-refractivity contribution in [1.82, 2.24) is 14.5 Å². The van der Waals surface area contributed by atoms with E-state index in [0.717, 1.165) is 4.47 Å². The van der Waals surface area contributed by atoms with Gasteiger partial charge in [0.1, 0.15) is 16.4 Å². The van der Waals surface area contributed by atoms with Crippen LogP contribution in [0.4, 0.5) is 0 Å². The first-order valence-electron chi connectivity index (χ1n) is 6.86. The molecule has 9 heteroatoms. The summed E-state index contributed by atoms with van der Waals surface area (Å²) in [5.41, 5.74) is 0. The summed E-state index contributed by atoms with van der Waals surface area (Å²) in [5, 5.41) is 4.11. The molecule has 1 N–H and O–H groups in total. The highest BCUT2D eigenvalue weighted by atomic mass is 79.9.